The Morgan fingerprint density at radius 1 is 1.56 bits per heavy atom. The van der Waals surface area contributed by atoms with E-state index in [0.717, 1.165) is 0 Å². The van der Waals surface area contributed by atoms with Crippen molar-refractivity contribution in [1.29, 1.82) is 5.26 Å². The first-order chi connectivity index (χ1) is 7.61. The van der Waals surface area contributed by atoms with E-state index in [1.165, 1.54) is 4.90 Å². The minimum atomic E-state index is -0.624. The van der Waals surface area contributed by atoms with Crippen molar-refractivity contribution in [3.8, 4) is 6.07 Å². The second-order valence-corrected chi connectivity index (χ2v) is 3.82. The highest BCUT2D eigenvalue weighted by Gasteiger charge is 2.21. The Bertz CT molecular complexity index is 425. The summed E-state index contributed by atoms with van der Waals surface area (Å²) in [6, 6.07) is 8.54. The maximum Gasteiger partial charge on any atom is 0.223 e. The summed E-state index contributed by atoms with van der Waals surface area (Å²) in [5, 5.41) is 9.62. The first-order valence-electron chi connectivity index (χ1n) is 5.01. The van der Waals surface area contributed by atoms with Crippen LogP contribution in [0.15, 0.2) is 24.3 Å². The van der Waals surface area contributed by atoms with Gasteiger partial charge in [0.15, 0.2) is 0 Å². The molecule has 4 heteroatoms. The van der Waals surface area contributed by atoms with Crippen molar-refractivity contribution in [3.63, 3.8) is 0 Å². The molecule has 0 aliphatic carbocycles. The van der Waals surface area contributed by atoms with E-state index in [2.05, 4.69) is 6.07 Å². The van der Waals surface area contributed by atoms with E-state index in [0.29, 0.717) is 17.0 Å². The molecule has 0 bridgehead atoms. The van der Waals surface area contributed by atoms with Gasteiger partial charge in [-0.3, -0.25) is 4.79 Å². The van der Waals surface area contributed by atoms with Crippen molar-refractivity contribution in [2.75, 3.05) is 7.05 Å². The van der Waals surface area contributed by atoms with E-state index in [9.17, 15) is 4.79 Å². The van der Waals surface area contributed by atoms with Gasteiger partial charge in [-0.05, 0) is 6.07 Å². The van der Waals surface area contributed by atoms with Crippen LogP contribution in [0.25, 0.3) is 0 Å². The topological polar surface area (TPSA) is 44.1 Å². The molecule has 3 nitrogen and oxygen atoms in total. The van der Waals surface area contributed by atoms with Crippen molar-refractivity contribution in [2.24, 2.45) is 0 Å². The lowest BCUT2D eigenvalue weighted by Gasteiger charge is -2.23. The van der Waals surface area contributed by atoms with Crippen molar-refractivity contribution in [3.05, 3.63) is 34.9 Å². The molecule has 0 N–H and O–H groups in total. The van der Waals surface area contributed by atoms with Crippen LogP contribution in [0.3, 0.4) is 0 Å². The Morgan fingerprint density at radius 2 is 2.19 bits per heavy atom. The third-order valence-electron chi connectivity index (χ3n) is 2.41. The standard InChI is InChI=1S/C12H13ClN2O/c1-3-12(16)15(2)11(8-14)9-6-4-5-7-10(9)13/h4-7,11H,3H2,1-2H3. The molecule has 1 amide bonds. The molecule has 0 aliphatic heterocycles. The lowest BCUT2D eigenvalue weighted by atomic mass is 10.1. The number of nitriles is 1. The summed E-state index contributed by atoms with van der Waals surface area (Å²) >= 11 is 6.00. The van der Waals surface area contributed by atoms with Gasteiger partial charge in [-0.1, -0.05) is 36.7 Å². The van der Waals surface area contributed by atoms with Gasteiger partial charge >= 0.3 is 0 Å². The van der Waals surface area contributed by atoms with E-state index >= 15 is 0 Å². The molecule has 0 aromatic heterocycles. The minimum absolute atomic E-state index is 0.0773. The first-order valence-corrected chi connectivity index (χ1v) is 5.39. The van der Waals surface area contributed by atoms with Gasteiger partial charge in [-0.15, -0.1) is 0 Å². The molecule has 16 heavy (non-hydrogen) atoms. The summed E-state index contributed by atoms with van der Waals surface area (Å²) in [5.41, 5.74) is 0.663. The normalized spacial score (nSPS) is 11.6. The highest BCUT2D eigenvalue weighted by molar-refractivity contribution is 6.31. The van der Waals surface area contributed by atoms with Crippen LogP contribution in [0.2, 0.25) is 5.02 Å². The van der Waals surface area contributed by atoms with Crippen LogP contribution >= 0.6 is 11.6 Å². The summed E-state index contributed by atoms with van der Waals surface area (Å²) < 4.78 is 0. The molecule has 0 saturated heterocycles. The Hall–Kier alpha value is -1.53. The number of hydrogen-bond acceptors (Lipinski definition) is 2. The largest absolute Gasteiger partial charge is 0.326 e. The predicted octanol–water partition coefficient (Wildman–Crippen LogP) is 2.77. The molecule has 0 saturated carbocycles. The fraction of sp³-hybridized carbons (Fsp3) is 0.333. The van der Waals surface area contributed by atoms with Crippen LogP contribution in [-0.4, -0.2) is 17.9 Å². The number of carbonyl (C=O) groups is 1. The van der Waals surface area contributed by atoms with Crippen LogP contribution in [0, 0.1) is 11.3 Å². The lowest BCUT2D eigenvalue weighted by Crippen LogP contribution is -2.29. The van der Waals surface area contributed by atoms with Crippen molar-refractivity contribution in [2.45, 2.75) is 19.4 Å². The second-order valence-electron chi connectivity index (χ2n) is 3.41. The Balaban J connectivity index is 3.05. The molecule has 1 rings (SSSR count). The first kappa shape index (κ1) is 12.5. The molecule has 0 spiro atoms. The van der Waals surface area contributed by atoms with Crippen LogP contribution in [0.1, 0.15) is 24.9 Å². The summed E-state index contributed by atoms with van der Waals surface area (Å²) in [7, 11) is 1.61. The number of rotatable bonds is 3. The van der Waals surface area contributed by atoms with Gasteiger partial charge in [0, 0.05) is 24.1 Å². The molecule has 0 aliphatic rings. The number of hydrogen-bond donors (Lipinski definition) is 0. The van der Waals surface area contributed by atoms with Crippen molar-refractivity contribution >= 4 is 17.5 Å². The third kappa shape index (κ3) is 2.53. The fourth-order valence-electron chi connectivity index (χ4n) is 1.46. The van der Waals surface area contributed by atoms with Crippen molar-refractivity contribution in [1.82, 2.24) is 4.90 Å². The Morgan fingerprint density at radius 3 is 2.69 bits per heavy atom. The van der Waals surface area contributed by atoms with Gasteiger partial charge in [-0.2, -0.15) is 5.26 Å². The average molecular weight is 237 g/mol. The maximum absolute atomic E-state index is 11.5. The summed E-state index contributed by atoms with van der Waals surface area (Å²) in [6.45, 7) is 1.76. The summed E-state index contributed by atoms with van der Waals surface area (Å²) in [4.78, 5) is 12.9. The van der Waals surface area contributed by atoms with Crippen LogP contribution < -0.4 is 0 Å². The highest BCUT2D eigenvalue weighted by Crippen LogP contribution is 2.26. The average Bonchev–Trinajstić information content (AvgIpc) is 2.31. The quantitative estimate of drug-likeness (QED) is 0.810. The van der Waals surface area contributed by atoms with E-state index in [1.54, 1.807) is 38.2 Å². The molecule has 1 unspecified atom stereocenters. The van der Waals surface area contributed by atoms with Gasteiger partial charge in [0.05, 0.1) is 6.07 Å². The van der Waals surface area contributed by atoms with Crippen molar-refractivity contribution < 1.29 is 4.79 Å². The molecular formula is C12H13ClN2O. The zero-order valence-electron chi connectivity index (χ0n) is 9.27. The van der Waals surface area contributed by atoms with E-state index in [1.807, 2.05) is 0 Å². The molecule has 0 heterocycles. The predicted molar refractivity (Wildman–Crippen MR) is 62.9 cm³/mol. The molecular weight excluding hydrogens is 224 g/mol. The molecule has 1 atom stereocenters. The molecule has 84 valence electrons. The maximum atomic E-state index is 11.5. The monoisotopic (exact) mass is 236 g/mol. The van der Waals surface area contributed by atoms with E-state index < -0.39 is 6.04 Å². The number of nitrogens with zero attached hydrogens (tertiary/aromatic N) is 2. The molecule has 0 fully saturated rings. The van der Waals surface area contributed by atoms with Gasteiger partial charge in [0.2, 0.25) is 5.91 Å². The Labute approximate surface area is 100 Å². The molecule has 0 radical (unpaired) electrons. The molecule has 1 aromatic rings. The van der Waals surface area contributed by atoms with Gasteiger partial charge < -0.3 is 4.90 Å². The number of halogens is 1. The fourth-order valence-corrected chi connectivity index (χ4v) is 1.69. The second kappa shape index (κ2) is 5.53. The highest BCUT2D eigenvalue weighted by atomic mass is 35.5. The minimum Gasteiger partial charge on any atom is -0.326 e. The molecule has 1 aromatic carbocycles. The number of carbonyl (C=O) groups excluding carboxylic acids is 1. The van der Waals surface area contributed by atoms with Crippen LogP contribution in [0.4, 0.5) is 0 Å². The van der Waals surface area contributed by atoms with E-state index in [4.69, 9.17) is 16.9 Å². The Kier molecular flexibility index (Phi) is 4.33. The number of benzene rings is 1. The zero-order valence-corrected chi connectivity index (χ0v) is 10.0. The lowest BCUT2D eigenvalue weighted by molar-refractivity contribution is -0.130. The summed E-state index contributed by atoms with van der Waals surface area (Å²) in [5.74, 6) is -0.0773. The SMILES string of the molecule is CCC(=O)N(C)C(C#N)c1ccccc1Cl. The van der Waals surface area contributed by atoms with Crippen LogP contribution in [0.5, 0.6) is 0 Å². The van der Waals surface area contributed by atoms with Gasteiger partial charge in [0.1, 0.15) is 6.04 Å². The zero-order chi connectivity index (χ0) is 12.1. The van der Waals surface area contributed by atoms with Gasteiger partial charge in [-0.25, -0.2) is 0 Å². The van der Waals surface area contributed by atoms with Gasteiger partial charge in [0.25, 0.3) is 0 Å². The third-order valence-corrected chi connectivity index (χ3v) is 2.75. The van der Waals surface area contributed by atoms with E-state index in [-0.39, 0.29) is 5.91 Å². The number of amides is 1. The summed E-state index contributed by atoms with van der Waals surface area (Å²) in [6.07, 6.45) is 0.374. The van der Waals surface area contributed by atoms with Crippen LogP contribution in [-0.2, 0) is 4.79 Å². The smallest absolute Gasteiger partial charge is 0.223 e.